The minimum atomic E-state index is 0.323. The summed E-state index contributed by atoms with van der Waals surface area (Å²) in [6, 6.07) is 5.71. The predicted octanol–water partition coefficient (Wildman–Crippen LogP) is 3.13. The van der Waals surface area contributed by atoms with Crippen LogP contribution in [-0.4, -0.2) is 31.1 Å². The van der Waals surface area contributed by atoms with Crippen molar-refractivity contribution in [3.8, 4) is 0 Å². The van der Waals surface area contributed by atoms with Crippen LogP contribution in [0.2, 0.25) is 10.0 Å². The van der Waals surface area contributed by atoms with Crippen molar-refractivity contribution in [2.75, 3.05) is 26.2 Å². The standard InChI is InChI=1S/C13H18Cl2N2/c14-12-5-10(6-13(15)7-12)11(8-16)9-17-3-1-2-4-17/h5-7,11H,1-4,8-9,16H2. The Kier molecular flexibility index (Phi) is 4.69. The highest BCUT2D eigenvalue weighted by Crippen LogP contribution is 2.25. The Hall–Kier alpha value is -0.280. The average molecular weight is 273 g/mol. The molecule has 0 aromatic heterocycles. The Morgan fingerprint density at radius 2 is 1.71 bits per heavy atom. The van der Waals surface area contributed by atoms with Crippen LogP contribution >= 0.6 is 23.2 Å². The van der Waals surface area contributed by atoms with Gasteiger partial charge in [0.05, 0.1) is 0 Å². The van der Waals surface area contributed by atoms with E-state index in [1.165, 1.54) is 25.9 Å². The Bertz CT molecular complexity index is 355. The first-order valence-electron chi connectivity index (χ1n) is 6.07. The predicted molar refractivity (Wildman–Crippen MR) is 73.9 cm³/mol. The number of nitrogens with zero attached hydrogens (tertiary/aromatic N) is 1. The van der Waals surface area contributed by atoms with E-state index in [1.807, 2.05) is 12.1 Å². The third-order valence-electron chi connectivity index (χ3n) is 3.32. The highest BCUT2D eigenvalue weighted by atomic mass is 35.5. The van der Waals surface area contributed by atoms with E-state index < -0.39 is 0 Å². The fraction of sp³-hybridized carbons (Fsp3) is 0.538. The minimum absolute atomic E-state index is 0.323. The van der Waals surface area contributed by atoms with Crippen LogP contribution in [0.5, 0.6) is 0 Å². The van der Waals surface area contributed by atoms with Crippen molar-refractivity contribution in [3.63, 3.8) is 0 Å². The Morgan fingerprint density at radius 1 is 1.12 bits per heavy atom. The summed E-state index contributed by atoms with van der Waals surface area (Å²) in [6.07, 6.45) is 2.60. The van der Waals surface area contributed by atoms with E-state index in [0.717, 1.165) is 12.1 Å². The van der Waals surface area contributed by atoms with Gasteiger partial charge in [0.15, 0.2) is 0 Å². The number of hydrogen-bond acceptors (Lipinski definition) is 2. The summed E-state index contributed by atoms with van der Waals surface area (Å²) < 4.78 is 0. The molecule has 1 aromatic carbocycles. The molecule has 1 atom stereocenters. The topological polar surface area (TPSA) is 29.3 Å². The van der Waals surface area contributed by atoms with E-state index in [1.54, 1.807) is 6.07 Å². The molecule has 0 spiro atoms. The summed E-state index contributed by atoms with van der Waals surface area (Å²) in [4.78, 5) is 2.46. The maximum Gasteiger partial charge on any atom is 0.0423 e. The number of halogens is 2. The van der Waals surface area contributed by atoms with Gasteiger partial charge in [-0.15, -0.1) is 0 Å². The van der Waals surface area contributed by atoms with E-state index in [4.69, 9.17) is 28.9 Å². The fourth-order valence-corrected chi connectivity index (χ4v) is 2.95. The summed E-state index contributed by atoms with van der Waals surface area (Å²) in [5.74, 6) is 0.323. The van der Waals surface area contributed by atoms with Crippen molar-refractivity contribution in [2.24, 2.45) is 5.73 Å². The lowest BCUT2D eigenvalue weighted by molar-refractivity contribution is 0.315. The van der Waals surface area contributed by atoms with Crippen LogP contribution in [-0.2, 0) is 0 Å². The Balaban J connectivity index is 2.10. The smallest absolute Gasteiger partial charge is 0.0423 e. The summed E-state index contributed by atoms with van der Waals surface area (Å²) in [7, 11) is 0. The van der Waals surface area contributed by atoms with Gasteiger partial charge in [0.25, 0.3) is 0 Å². The van der Waals surface area contributed by atoms with Gasteiger partial charge >= 0.3 is 0 Å². The molecule has 2 N–H and O–H groups in total. The van der Waals surface area contributed by atoms with E-state index in [9.17, 15) is 0 Å². The molecule has 0 bridgehead atoms. The van der Waals surface area contributed by atoms with Crippen molar-refractivity contribution >= 4 is 23.2 Å². The molecular formula is C13H18Cl2N2. The van der Waals surface area contributed by atoms with Crippen LogP contribution in [0.15, 0.2) is 18.2 Å². The molecule has 1 fully saturated rings. The molecule has 0 radical (unpaired) electrons. The summed E-state index contributed by atoms with van der Waals surface area (Å²) >= 11 is 12.1. The van der Waals surface area contributed by atoms with E-state index in [2.05, 4.69) is 4.90 Å². The normalized spacial score (nSPS) is 18.5. The van der Waals surface area contributed by atoms with Gasteiger partial charge in [-0.05, 0) is 49.7 Å². The van der Waals surface area contributed by atoms with Crippen molar-refractivity contribution < 1.29 is 0 Å². The molecule has 1 aliphatic heterocycles. The van der Waals surface area contributed by atoms with Gasteiger partial charge in [-0.25, -0.2) is 0 Å². The molecule has 0 saturated carbocycles. The summed E-state index contributed by atoms with van der Waals surface area (Å²) in [6.45, 7) is 4.01. The van der Waals surface area contributed by atoms with Crippen LogP contribution in [0.25, 0.3) is 0 Å². The zero-order valence-electron chi connectivity index (χ0n) is 9.83. The van der Waals surface area contributed by atoms with Gasteiger partial charge < -0.3 is 10.6 Å². The van der Waals surface area contributed by atoms with Crippen molar-refractivity contribution in [3.05, 3.63) is 33.8 Å². The minimum Gasteiger partial charge on any atom is -0.330 e. The van der Waals surface area contributed by atoms with E-state index in [0.29, 0.717) is 22.5 Å². The zero-order valence-corrected chi connectivity index (χ0v) is 11.3. The highest BCUT2D eigenvalue weighted by molar-refractivity contribution is 6.34. The molecule has 2 rings (SSSR count). The first kappa shape index (κ1) is 13.2. The Labute approximate surface area is 113 Å². The van der Waals surface area contributed by atoms with Crippen LogP contribution in [0.4, 0.5) is 0 Å². The van der Waals surface area contributed by atoms with Crippen LogP contribution < -0.4 is 5.73 Å². The summed E-state index contributed by atoms with van der Waals surface area (Å²) in [5, 5.41) is 1.37. The molecule has 1 heterocycles. The largest absolute Gasteiger partial charge is 0.330 e. The molecule has 0 aliphatic carbocycles. The van der Waals surface area contributed by atoms with Gasteiger partial charge in [-0.1, -0.05) is 23.2 Å². The number of benzene rings is 1. The molecule has 1 aliphatic rings. The zero-order chi connectivity index (χ0) is 12.3. The van der Waals surface area contributed by atoms with Crippen LogP contribution in [0.1, 0.15) is 24.3 Å². The second kappa shape index (κ2) is 6.05. The number of likely N-dealkylation sites (tertiary alicyclic amines) is 1. The highest BCUT2D eigenvalue weighted by Gasteiger charge is 2.18. The SMILES string of the molecule is NCC(CN1CCCC1)c1cc(Cl)cc(Cl)c1. The average Bonchev–Trinajstić information content (AvgIpc) is 2.77. The second-order valence-electron chi connectivity index (χ2n) is 4.64. The number of hydrogen-bond donors (Lipinski definition) is 1. The number of nitrogens with two attached hydrogens (primary N) is 1. The molecule has 1 unspecified atom stereocenters. The lowest BCUT2D eigenvalue weighted by Gasteiger charge is -2.22. The molecule has 17 heavy (non-hydrogen) atoms. The van der Waals surface area contributed by atoms with Crippen molar-refractivity contribution in [1.82, 2.24) is 4.90 Å². The van der Waals surface area contributed by atoms with Crippen molar-refractivity contribution in [1.29, 1.82) is 0 Å². The molecule has 1 aromatic rings. The summed E-state index contributed by atoms with van der Waals surface area (Å²) in [5.41, 5.74) is 7.02. The first-order valence-corrected chi connectivity index (χ1v) is 6.83. The first-order chi connectivity index (χ1) is 8.19. The fourth-order valence-electron chi connectivity index (χ4n) is 2.40. The monoisotopic (exact) mass is 272 g/mol. The Morgan fingerprint density at radius 3 is 2.24 bits per heavy atom. The molecule has 1 saturated heterocycles. The third-order valence-corrected chi connectivity index (χ3v) is 3.75. The molecule has 94 valence electrons. The van der Waals surface area contributed by atoms with Gasteiger partial charge in [-0.2, -0.15) is 0 Å². The molecule has 2 nitrogen and oxygen atoms in total. The van der Waals surface area contributed by atoms with Gasteiger partial charge in [0, 0.05) is 29.1 Å². The van der Waals surface area contributed by atoms with Crippen LogP contribution in [0.3, 0.4) is 0 Å². The lowest BCUT2D eigenvalue weighted by atomic mass is 9.99. The lowest BCUT2D eigenvalue weighted by Crippen LogP contribution is -2.29. The van der Waals surface area contributed by atoms with Crippen molar-refractivity contribution in [2.45, 2.75) is 18.8 Å². The maximum atomic E-state index is 6.03. The van der Waals surface area contributed by atoms with Gasteiger partial charge in [0.1, 0.15) is 0 Å². The van der Waals surface area contributed by atoms with Gasteiger partial charge in [0.2, 0.25) is 0 Å². The molecular weight excluding hydrogens is 255 g/mol. The molecule has 0 amide bonds. The van der Waals surface area contributed by atoms with Crippen LogP contribution in [0, 0.1) is 0 Å². The quantitative estimate of drug-likeness (QED) is 0.913. The third kappa shape index (κ3) is 3.59. The van der Waals surface area contributed by atoms with E-state index >= 15 is 0 Å². The number of rotatable bonds is 4. The van der Waals surface area contributed by atoms with Gasteiger partial charge in [-0.3, -0.25) is 0 Å². The van der Waals surface area contributed by atoms with E-state index in [-0.39, 0.29) is 0 Å². The molecule has 4 heteroatoms. The maximum absolute atomic E-state index is 6.03. The second-order valence-corrected chi connectivity index (χ2v) is 5.52.